The minimum Gasteiger partial charge on any atom is -0.352 e. The van der Waals surface area contributed by atoms with Crippen LogP contribution in [-0.4, -0.2) is 0 Å². The number of rotatable bonds is 2. The van der Waals surface area contributed by atoms with Gasteiger partial charge in [-0.1, -0.05) is 60.7 Å². The zero-order valence-electron chi connectivity index (χ0n) is 10.3. The van der Waals surface area contributed by atoms with Crippen LogP contribution in [0.25, 0.3) is 0 Å². The predicted octanol–water partition coefficient (Wildman–Crippen LogP) is 3.99. The molecule has 2 fully saturated rings. The molecular formula is C17H16O. The fourth-order valence-corrected chi connectivity index (χ4v) is 3.65. The molecule has 0 radical (unpaired) electrons. The van der Waals surface area contributed by atoms with Crippen LogP contribution in [0.1, 0.15) is 30.4 Å². The van der Waals surface area contributed by atoms with Gasteiger partial charge in [0.25, 0.3) is 0 Å². The van der Waals surface area contributed by atoms with Crippen molar-refractivity contribution in [2.45, 2.75) is 30.5 Å². The minimum atomic E-state index is -0.0460. The molecule has 1 aliphatic heterocycles. The first kappa shape index (κ1) is 10.3. The molecule has 1 nitrogen and oxygen atoms in total. The van der Waals surface area contributed by atoms with E-state index in [4.69, 9.17) is 4.74 Å². The van der Waals surface area contributed by atoms with Gasteiger partial charge >= 0.3 is 0 Å². The third-order valence-corrected chi connectivity index (χ3v) is 4.50. The first-order chi connectivity index (χ1) is 8.87. The first-order valence-electron chi connectivity index (χ1n) is 6.69. The highest BCUT2D eigenvalue weighted by Gasteiger charge is 2.73. The van der Waals surface area contributed by atoms with E-state index in [1.165, 1.54) is 17.5 Å². The Labute approximate surface area is 107 Å². The molecule has 1 saturated heterocycles. The van der Waals surface area contributed by atoms with Crippen LogP contribution in [0.4, 0.5) is 0 Å². The van der Waals surface area contributed by atoms with Gasteiger partial charge in [-0.15, -0.1) is 0 Å². The van der Waals surface area contributed by atoms with Crippen LogP contribution in [0.15, 0.2) is 60.7 Å². The monoisotopic (exact) mass is 236 g/mol. The summed E-state index contributed by atoms with van der Waals surface area (Å²) in [5.74, 6) is 0. The molecule has 1 heteroatoms. The highest BCUT2D eigenvalue weighted by Crippen LogP contribution is 2.71. The Morgan fingerprint density at radius 3 is 1.56 bits per heavy atom. The lowest BCUT2D eigenvalue weighted by atomic mass is 9.84. The third kappa shape index (κ3) is 1.15. The van der Waals surface area contributed by atoms with Crippen LogP contribution in [0.2, 0.25) is 0 Å². The van der Waals surface area contributed by atoms with Crippen molar-refractivity contribution in [2.75, 3.05) is 0 Å². The van der Waals surface area contributed by atoms with E-state index in [2.05, 4.69) is 60.7 Å². The number of benzene rings is 2. The Morgan fingerprint density at radius 2 is 1.11 bits per heavy atom. The standard InChI is InChI=1S/C17H16O/c1-3-8-14(9-4-1)16-12-7-13-17(16,18-16)15-10-5-2-6-11-15/h1-6,8-11H,7,12-13H2. The van der Waals surface area contributed by atoms with Gasteiger partial charge in [0.15, 0.2) is 0 Å². The van der Waals surface area contributed by atoms with Crippen LogP contribution >= 0.6 is 0 Å². The van der Waals surface area contributed by atoms with E-state index in [-0.39, 0.29) is 11.2 Å². The molecule has 0 amide bonds. The molecule has 2 unspecified atom stereocenters. The molecule has 2 aromatic rings. The van der Waals surface area contributed by atoms with Gasteiger partial charge in [0.05, 0.1) is 0 Å². The fourth-order valence-electron chi connectivity index (χ4n) is 3.65. The maximum Gasteiger partial charge on any atom is 0.128 e. The lowest BCUT2D eigenvalue weighted by Gasteiger charge is -2.13. The van der Waals surface area contributed by atoms with Crippen LogP contribution in [-0.2, 0) is 15.9 Å². The van der Waals surface area contributed by atoms with E-state index in [0.717, 1.165) is 12.8 Å². The number of ether oxygens (including phenoxy) is 1. The summed E-state index contributed by atoms with van der Waals surface area (Å²) >= 11 is 0. The summed E-state index contributed by atoms with van der Waals surface area (Å²) in [6.07, 6.45) is 3.54. The number of hydrogen-bond acceptors (Lipinski definition) is 1. The van der Waals surface area contributed by atoms with Gasteiger partial charge in [-0.05, 0) is 30.4 Å². The van der Waals surface area contributed by atoms with Crippen molar-refractivity contribution in [1.29, 1.82) is 0 Å². The van der Waals surface area contributed by atoms with Crippen molar-refractivity contribution >= 4 is 0 Å². The van der Waals surface area contributed by atoms with Gasteiger partial charge in [-0.3, -0.25) is 0 Å². The summed E-state index contributed by atoms with van der Waals surface area (Å²) in [5, 5.41) is 0. The van der Waals surface area contributed by atoms with Gasteiger partial charge in [0.1, 0.15) is 11.2 Å². The Kier molecular flexibility index (Phi) is 1.98. The molecule has 2 atom stereocenters. The molecule has 1 heterocycles. The molecule has 0 aromatic heterocycles. The van der Waals surface area contributed by atoms with Crippen LogP contribution in [0, 0.1) is 0 Å². The SMILES string of the molecule is c1ccc(C23CCCC2(c2ccccc2)O3)cc1. The van der Waals surface area contributed by atoms with Crippen molar-refractivity contribution in [3.63, 3.8) is 0 Å². The second-order valence-corrected chi connectivity index (χ2v) is 5.34. The summed E-state index contributed by atoms with van der Waals surface area (Å²) in [5.41, 5.74) is 2.59. The smallest absolute Gasteiger partial charge is 0.128 e. The topological polar surface area (TPSA) is 12.5 Å². The molecule has 2 aliphatic rings. The maximum absolute atomic E-state index is 6.30. The molecular weight excluding hydrogens is 220 g/mol. The average Bonchev–Trinajstić information content (AvgIpc) is 2.99. The average molecular weight is 236 g/mol. The Morgan fingerprint density at radius 1 is 0.667 bits per heavy atom. The van der Waals surface area contributed by atoms with E-state index < -0.39 is 0 Å². The number of epoxide rings is 1. The van der Waals surface area contributed by atoms with E-state index >= 15 is 0 Å². The Balaban J connectivity index is 1.81. The lowest BCUT2D eigenvalue weighted by molar-refractivity contribution is 0.216. The van der Waals surface area contributed by atoms with Crippen LogP contribution in [0.3, 0.4) is 0 Å². The van der Waals surface area contributed by atoms with Crippen LogP contribution < -0.4 is 0 Å². The lowest BCUT2D eigenvalue weighted by Crippen LogP contribution is -2.15. The van der Waals surface area contributed by atoms with Gasteiger partial charge in [-0.2, -0.15) is 0 Å². The molecule has 2 aromatic carbocycles. The molecule has 0 N–H and O–H groups in total. The molecule has 0 bridgehead atoms. The van der Waals surface area contributed by atoms with Crippen molar-refractivity contribution in [3.8, 4) is 0 Å². The van der Waals surface area contributed by atoms with Gasteiger partial charge in [0, 0.05) is 0 Å². The van der Waals surface area contributed by atoms with E-state index in [9.17, 15) is 0 Å². The summed E-state index contributed by atoms with van der Waals surface area (Å²) < 4.78 is 6.30. The van der Waals surface area contributed by atoms with Crippen molar-refractivity contribution in [2.24, 2.45) is 0 Å². The van der Waals surface area contributed by atoms with Gasteiger partial charge in [-0.25, -0.2) is 0 Å². The molecule has 1 aliphatic carbocycles. The molecule has 0 spiro atoms. The zero-order chi connectivity index (χ0) is 12.1. The summed E-state index contributed by atoms with van der Waals surface area (Å²) in [4.78, 5) is 0. The normalized spacial score (nSPS) is 33.1. The van der Waals surface area contributed by atoms with E-state index in [1.807, 2.05) is 0 Å². The Bertz CT molecular complexity index is 511. The Hall–Kier alpha value is -1.60. The van der Waals surface area contributed by atoms with E-state index in [0.29, 0.717) is 0 Å². The first-order valence-corrected chi connectivity index (χ1v) is 6.69. The predicted molar refractivity (Wildman–Crippen MR) is 71.2 cm³/mol. The molecule has 18 heavy (non-hydrogen) atoms. The van der Waals surface area contributed by atoms with Gasteiger partial charge in [0.2, 0.25) is 0 Å². The second-order valence-electron chi connectivity index (χ2n) is 5.34. The van der Waals surface area contributed by atoms with Crippen molar-refractivity contribution in [1.82, 2.24) is 0 Å². The molecule has 4 rings (SSSR count). The fraction of sp³-hybridized carbons (Fsp3) is 0.294. The zero-order valence-corrected chi connectivity index (χ0v) is 10.3. The summed E-state index contributed by atoms with van der Waals surface area (Å²) in [7, 11) is 0. The summed E-state index contributed by atoms with van der Waals surface area (Å²) in [6.45, 7) is 0. The maximum atomic E-state index is 6.30. The number of fused-ring (bicyclic) bond motifs is 1. The molecule has 90 valence electrons. The van der Waals surface area contributed by atoms with Crippen LogP contribution in [0.5, 0.6) is 0 Å². The largest absolute Gasteiger partial charge is 0.352 e. The quantitative estimate of drug-likeness (QED) is 0.718. The summed E-state index contributed by atoms with van der Waals surface area (Å²) in [6, 6.07) is 21.4. The third-order valence-electron chi connectivity index (χ3n) is 4.50. The highest BCUT2D eigenvalue weighted by atomic mass is 16.6. The van der Waals surface area contributed by atoms with Crippen molar-refractivity contribution in [3.05, 3.63) is 71.8 Å². The second kappa shape index (κ2) is 3.46. The van der Waals surface area contributed by atoms with Crippen molar-refractivity contribution < 1.29 is 4.74 Å². The highest BCUT2D eigenvalue weighted by molar-refractivity contribution is 5.43. The molecule has 1 saturated carbocycles. The van der Waals surface area contributed by atoms with Gasteiger partial charge < -0.3 is 4.74 Å². The minimum absolute atomic E-state index is 0.0460. The number of hydrogen-bond donors (Lipinski definition) is 0. The van der Waals surface area contributed by atoms with E-state index in [1.54, 1.807) is 0 Å².